The van der Waals surface area contributed by atoms with Crippen LogP contribution in [0.3, 0.4) is 0 Å². The fourth-order valence-electron chi connectivity index (χ4n) is 2.13. The Morgan fingerprint density at radius 1 is 1.21 bits per heavy atom. The zero-order valence-corrected chi connectivity index (χ0v) is 17.1. The van der Waals surface area contributed by atoms with E-state index in [1.807, 2.05) is 18.2 Å². The zero-order valence-electron chi connectivity index (χ0n) is 15.0. The fraction of sp³-hybridized carbons (Fsp3) is 0.150. The van der Waals surface area contributed by atoms with Crippen LogP contribution in [-0.2, 0) is 14.3 Å². The van der Waals surface area contributed by atoms with E-state index < -0.39 is 11.9 Å². The molecule has 2 rings (SSSR count). The molecule has 0 heterocycles. The summed E-state index contributed by atoms with van der Waals surface area (Å²) in [5.74, 6) is -0.218. The Balaban J connectivity index is 1.87. The quantitative estimate of drug-likeness (QED) is 0.345. The lowest BCUT2D eigenvalue weighted by Gasteiger charge is -2.08. The molecule has 0 aliphatic rings. The van der Waals surface area contributed by atoms with E-state index in [4.69, 9.17) is 19.5 Å². The minimum absolute atomic E-state index is 0.0952. The van der Waals surface area contributed by atoms with Crippen molar-refractivity contribution in [2.24, 2.45) is 0 Å². The molecule has 0 bridgehead atoms. The Morgan fingerprint density at radius 2 is 2.04 bits per heavy atom. The average Bonchev–Trinajstić information content (AvgIpc) is 2.69. The summed E-state index contributed by atoms with van der Waals surface area (Å²) in [7, 11) is 1.47. The first-order valence-electron chi connectivity index (χ1n) is 8.10. The standard InChI is InChI=1S/C20H17IN2O5/c1-26-18-11-14(5-7-17(18)27-10-9-22)6-8-20(25)28-13-19(24)23-16-4-2-3-15(21)12-16/h2-8,11-12H,10,13H2,1H3,(H,23,24)/b8-6+. The van der Waals surface area contributed by atoms with Gasteiger partial charge in [0.05, 0.1) is 7.11 Å². The number of hydrogen-bond donors (Lipinski definition) is 1. The van der Waals surface area contributed by atoms with E-state index in [0.29, 0.717) is 22.7 Å². The third kappa shape index (κ3) is 6.92. The van der Waals surface area contributed by atoms with Gasteiger partial charge in [0.1, 0.15) is 6.07 Å². The number of ether oxygens (including phenoxy) is 3. The molecule has 0 aliphatic carbocycles. The molecule has 8 heteroatoms. The Kier molecular flexibility index (Phi) is 8.30. The third-order valence-corrected chi connectivity index (χ3v) is 4.02. The van der Waals surface area contributed by atoms with Crippen LogP contribution in [0.5, 0.6) is 11.5 Å². The van der Waals surface area contributed by atoms with Crippen molar-refractivity contribution in [3.05, 3.63) is 57.7 Å². The van der Waals surface area contributed by atoms with Gasteiger partial charge in [-0.15, -0.1) is 0 Å². The fourth-order valence-corrected chi connectivity index (χ4v) is 2.67. The topological polar surface area (TPSA) is 97.7 Å². The van der Waals surface area contributed by atoms with Crippen molar-refractivity contribution in [2.45, 2.75) is 0 Å². The van der Waals surface area contributed by atoms with Crippen LogP contribution in [0, 0.1) is 14.9 Å². The van der Waals surface area contributed by atoms with Crippen molar-refractivity contribution in [2.75, 3.05) is 25.6 Å². The lowest BCUT2D eigenvalue weighted by molar-refractivity contribution is -0.142. The molecule has 1 N–H and O–H groups in total. The summed E-state index contributed by atoms with van der Waals surface area (Å²) >= 11 is 2.14. The molecule has 0 spiro atoms. The summed E-state index contributed by atoms with van der Waals surface area (Å²) in [6.45, 7) is -0.485. The van der Waals surface area contributed by atoms with E-state index in [-0.39, 0.29) is 13.2 Å². The van der Waals surface area contributed by atoms with Gasteiger partial charge in [-0.1, -0.05) is 12.1 Å². The molecule has 0 atom stereocenters. The van der Waals surface area contributed by atoms with Gasteiger partial charge < -0.3 is 19.5 Å². The summed E-state index contributed by atoms with van der Waals surface area (Å²) in [6.07, 6.45) is 2.74. The van der Waals surface area contributed by atoms with E-state index in [1.54, 1.807) is 30.3 Å². The number of nitriles is 1. The van der Waals surface area contributed by atoms with Gasteiger partial charge in [-0.3, -0.25) is 4.79 Å². The number of halogens is 1. The summed E-state index contributed by atoms with van der Waals surface area (Å²) in [6, 6.07) is 14.1. The first-order valence-corrected chi connectivity index (χ1v) is 9.17. The first-order chi connectivity index (χ1) is 13.5. The van der Waals surface area contributed by atoms with E-state index in [1.165, 1.54) is 19.3 Å². The number of hydrogen-bond acceptors (Lipinski definition) is 6. The largest absolute Gasteiger partial charge is 0.493 e. The average molecular weight is 492 g/mol. The SMILES string of the molecule is COc1cc(/C=C/C(=O)OCC(=O)Nc2cccc(I)c2)ccc1OCC#N. The normalized spacial score (nSPS) is 10.2. The minimum atomic E-state index is -0.651. The number of carbonyl (C=O) groups excluding carboxylic acids is 2. The summed E-state index contributed by atoms with van der Waals surface area (Å²) in [5.41, 5.74) is 1.30. The Hall–Kier alpha value is -3.06. The molecule has 0 saturated carbocycles. The van der Waals surface area contributed by atoms with Crippen molar-refractivity contribution in [1.82, 2.24) is 0 Å². The maximum Gasteiger partial charge on any atom is 0.331 e. The van der Waals surface area contributed by atoms with Crippen molar-refractivity contribution in [1.29, 1.82) is 5.26 Å². The smallest absolute Gasteiger partial charge is 0.331 e. The Bertz CT molecular complexity index is 921. The predicted octanol–water partition coefficient (Wildman–Crippen LogP) is 3.40. The van der Waals surface area contributed by atoms with Crippen LogP contribution in [0.15, 0.2) is 48.5 Å². The van der Waals surface area contributed by atoms with Crippen LogP contribution in [0.25, 0.3) is 6.08 Å². The van der Waals surface area contributed by atoms with Crippen LogP contribution in [-0.4, -0.2) is 32.2 Å². The van der Waals surface area contributed by atoms with Crippen molar-refractivity contribution >= 4 is 46.2 Å². The maximum atomic E-state index is 11.8. The van der Waals surface area contributed by atoms with Gasteiger partial charge in [0.25, 0.3) is 5.91 Å². The van der Waals surface area contributed by atoms with Gasteiger partial charge in [0.2, 0.25) is 0 Å². The molecule has 0 aliphatic heterocycles. The highest BCUT2D eigenvalue weighted by Gasteiger charge is 2.07. The Labute approximate surface area is 176 Å². The molecule has 0 unspecified atom stereocenters. The molecule has 0 fully saturated rings. The highest BCUT2D eigenvalue weighted by Crippen LogP contribution is 2.28. The van der Waals surface area contributed by atoms with Gasteiger partial charge >= 0.3 is 5.97 Å². The van der Waals surface area contributed by atoms with Crippen molar-refractivity contribution < 1.29 is 23.8 Å². The zero-order chi connectivity index (χ0) is 20.4. The molecular weight excluding hydrogens is 475 g/mol. The second-order valence-corrected chi connectivity index (χ2v) is 6.60. The predicted molar refractivity (Wildman–Crippen MR) is 112 cm³/mol. The molecule has 2 aromatic carbocycles. The number of benzene rings is 2. The number of esters is 1. The van der Waals surface area contributed by atoms with Crippen LogP contribution >= 0.6 is 22.6 Å². The van der Waals surface area contributed by atoms with Crippen LogP contribution < -0.4 is 14.8 Å². The molecule has 7 nitrogen and oxygen atoms in total. The second kappa shape index (κ2) is 10.9. The van der Waals surface area contributed by atoms with E-state index in [2.05, 4.69) is 27.9 Å². The lowest BCUT2D eigenvalue weighted by atomic mass is 10.2. The van der Waals surface area contributed by atoms with E-state index >= 15 is 0 Å². The number of rotatable bonds is 8. The van der Waals surface area contributed by atoms with Gasteiger partial charge in [-0.05, 0) is 64.6 Å². The molecule has 0 radical (unpaired) electrons. The Morgan fingerprint density at radius 3 is 2.75 bits per heavy atom. The monoisotopic (exact) mass is 492 g/mol. The van der Waals surface area contributed by atoms with Crippen molar-refractivity contribution in [3.8, 4) is 17.6 Å². The maximum absolute atomic E-state index is 11.8. The highest BCUT2D eigenvalue weighted by molar-refractivity contribution is 14.1. The summed E-state index contributed by atoms with van der Waals surface area (Å²) in [5, 5.41) is 11.2. The molecular formula is C20H17IN2O5. The highest BCUT2D eigenvalue weighted by atomic mass is 127. The number of nitrogens with zero attached hydrogens (tertiary/aromatic N) is 1. The summed E-state index contributed by atoms with van der Waals surface area (Å²) < 4.78 is 16.3. The number of carbonyl (C=O) groups is 2. The molecule has 28 heavy (non-hydrogen) atoms. The lowest BCUT2D eigenvalue weighted by Crippen LogP contribution is -2.20. The number of amides is 1. The number of nitrogens with one attached hydrogen (secondary N) is 1. The number of methoxy groups -OCH3 is 1. The van der Waals surface area contributed by atoms with Crippen molar-refractivity contribution in [3.63, 3.8) is 0 Å². The van der Waals surface area contributed by atoms with E-state index in [0.717, 1.165) is 3.57 Å². The first kappa shape index (κ1) is 21.2. The van der Waals surface area contributed by atoms with Gasteiger partial charge in [-0.2, -0.15) is 5.26 Å². The second-order valence-electron chi connectivity index (χ2n) is 5.36. The van der Waals surface area contributed by atoms with Crippen LogP contribution in [0.2, 0.25) is 0 Å². The van der Waals surface area contributed by atoms with Gasteiger partial charge in [0, 0.05) is 15.3 Å². The van der Waals surface area contributed by atoms with Gasteiger partial charge in [-0.25, -0.2) is 4.79 Å². The minimum Gasteiger partial charge on any atom is -0.493 e. The van der Waals surface area contributed by atoms with Crippen LogP contribution in [0.4, 0.5) is 5.69 Å². The molecule has 1 amide bonds. The van der Waals surface area contributed by atoms with E-state index in [9.17, 15) is 9.59 Å². The third-order valence-electron chi connectivity index (χ3n) is 3.35. The molecule has 0 saturated heterocycles. The summed E-state index contributed by atoms with van der Waals surface area (Å²) in [4.78, 5) is 23.6. The van der Waals surface area contributed by atoms with Gasteiger partial charge in [0.15, 0.2) is 24.7 Å². The molecule has 144 valence electrons. The number of anilines is 1. The molecule has 2 aromatic rings. The molecule has 0 aromatic heterocycles. The van der Waals surface area contributed by atoms with Crippen LogP contribution in [0.1, 0.15) is 5.56 Å².